The summed E-state index contributed by atoms with van der Waals surface area (Å²) in [5.41, 5.74) is 1.25. The number of nitrogens with zero attached hydrogens (tertiary/aromatic N) is 2. The van der Waals surface area contributed by atoms with E-state index in [0.717, 1.165) is 12.3 Å². The van der Waals surface area contributed by atoms with Crippen molar-refractivity contribution in [3.05, 3.63) is 30.1 Å². The quantitative estimate of drug-likeness (QED) is 0.751. The standard InChI is InChI=1S/C13H20N2/c1-2-15-9-5-6-12(11-15)10-13-7-3-4-8-14-13/h3-4,7-8,12H,2,5-6,9-11H2,1H3. The highest BCUT2D eigenvalue weighted by atomic mass is 15.1. The molecular weight excluding hydrogens is 184 g/mol. The molecule has 0 bridgehead atoms. The highest BCUT2D eigenvalue weighted by Gasteiger charge is 2.18. The van der Waals surface area contributed by atoms with Crippen LogP contribution in [0.4, 0.5) is 0 Å². The number of piperidine rings is 1. The highest BCUT2D eigenvalue weighted by Crippen LogP contribution is 2.19. The maximum Gasteiger partial charge on any atom is 0.0406 e. The second-order valence-electron chi connectivity index (χ2n) is 4.43. The first kappa shape index (κ1) is 10.6. The van der Waals surface area contributed by atoms with Gasteiger partial charge in [0.05, 0.1) is 0 Å². The van der Waals surface area contributed by atoms with Crippen LogP contribution in [0.1, 0.15) is 25.5 Å². The van der Waals surface area contributed by atoms with Gasteiger partial charge in [-0.15, -0.1) is 0 Å². The fourth-order valence-electron chi connectivity index (χ4n) is 2.42. The van der Waals surface area contributed by atoms with Crippen molar-refractivity contribution < 1.29 is 0 Å². The van der Waals surface area contributed by atoms with Crippen LogP contribution in [0.15, 0.2) is 24.4 Å². The second-order valence-corrected chi connectivity index (χ2v) is 4.43. The average molecular weight is 204 g/mol. The molecule has 15 heavy (non-hydrogen) atoms. The van der Waals surface area contributed by atoms with Gasteiger partial charge in [-0.3, -0.25) is 4.98 Å². The van der Waals surface area contributed by atoms with Crippen LogP contribution in [0.3, 0.4) is 0 Å². The van der Waals surface area contributed by atoms with E-state index in [1.165, 1.54) is 38.2 Å². The molecule has 1 aliphatic rings. The predicted octanol–water partition coefficient (Wildman–Crippen LogP) is 2.36. The molecule has 2 heterocycles. The molecule has 2 rings (SSSR count). The molecule has 1 fully saturated rings. The van der Waals surface area contributed by atoms with Gasteiger partial charge in [0.1, 0.15) is 0 Å². The number of rotatable bonds is 3. The maximum atomic E-state index is 4.41. The van der Waals surface area contributed by atoms with Crippen LogP contribution in [-0.4, -0.2) is 29.5 Å². The Morgan fingerprint density at radius 3 is 3.13 bits per heavy atom. The van der Waals surface area contributed by atoms with E-state index in [1.807, 2.05) is 12.3 Å². The number of aromatic nitrogens is 1. The van der Waals surface area contributed by atoms with Crippen LogP contribution in [0.2, 0.25) is 0 Å². The molecule has 0 saturated carbocycles. The van der Waals surface area contributed by atoms with Crippen LogP contribution < -0.4 is 0 Å². The summed E-state index contributed by atoms with van der Waals surface area (Å²) in [5.74, 6) is 0.814. The number of pyridine rings is 1. The van der Waals surface area contributed by atoms with Crippen molar-refractivity contribution in [2.24, 2.45) is 5.92 Å². The van der Waals surface area contributed by atoms with Gasteiger partial charge in [0.25, 0.3) is 0 Å². The van der Waals surface area contributed by atoms with Gasteiger partial charge in [0, 0.05) is 18.4 Å². The van der Waals surface area contributed by atoms with E-state index in [4.69, 9.17) is 0 Å². The molecule has 1 aliphatic heterocycles. The lowest BCUT2D eigenvalue weighted by Crippen LogP contribution is -2.36. The minimum absolute atomic E-state index is 0.814. The molecule has 0 radical (unpaired) electrons. The van der Waals surface area contributed by atoms with Gasteiger partial charge in [-0.2, -0.15) is 0 Å². The fraction of sp³-hybridized carbons (Fsp3) is 0.615. The zero-order valence-electron chi connectivity index (χ0n) is 9.52. The van der Waals surface area contributed by atoms with E-state index in [1.54, 1.807) is 0 Å². The Balaban J connectivity index is 1.89. The molecule has 1 aromatic rings. The third-order valence-corrected chi connectivity index (χ3v) is 3.27. The Kier molecular flexibility index (Phi) is 3.73. The lowest BCUT2D eigenvalue weighted by molar-refractivity contribution is 0.181. The molecule has 0 aliphatic carbocycles. The van der Waals surface area contributed by atoms with E-state index in [2.05, 4.69) is 28.9 Å². The number of hydrogen-bond donors (Lipinski definition) is 0. The first-order chi connectivity index (χ1) is 7.38. The summed E-state index contributed by atoms with van der Waals surface area (Å²) in [5, 5.41) is 0. The van der Waals surface area contributed by atoms with Gasteiger partial charge in [0.2, 0.25) is 0 Å². The topological polar surface area (TPSA) is 16.1 Å². The van der Waals surface area contributed by atoms with E-state index in [-0.39, 0.29) is 0 Å². The van der Waals surface area contributed by atoms with E-state index < -0.39 is 0 Å². The molecule has 1 aromatic heterocycles. The average Bonchev–Trinajstić information content (AvgIpc) is 2.31. The van der Waals surface area contributed by atoms with Gasteiger partial charge in [-0.05, 0) is 50.4 Å². The van der Waals surface area contributed by atoms with Crippen molar-refractivity contribution in [1.82, 2.24) is 9.88 Å². The highest BCUT2D eigenvalue weighted by molar-refractivity contribution is 5.04. The minimum atomic E-state index is 0.814. The minimum Gasteiger partial charge on any atom is -0.303 e. The normalized spacial score (nSPS) is 22.9. The molecule has 1 atom stereocenters. The van der Waals surface area contributed by atoms with Crippen molar-refractivity contribution in [3.8, 4) is 0 Å². The molecule has 0 N–H and O–H groups in total. The molecule has 1 saturated heterocycles. The molecule has 0 amide bonds. The summed E-state index contributed by atoms with van der Waals surface area (Å²) in [6, 6.07) is 6.22. The first-order valence-corrected chi connectivity index (χ1v) is 6.00. The predicted molar refractivity (Wildman–Crippen MR) is 62.8 cm³/mol. The molecule has 1 unspecified atom stereocenters. The van der Waals surface area contributed by atoms with Gasteiger partial charge in [-0.25, -0.2) is 0 Å². The van der Waals surface area contributed by atoms with Crippen LogP contribution in [0.5, 0.6) is 0 Å². The summed E-state index contributed by atoms with van der Waals surface area (Å²) in [6.07, 6.45) is 5.77. The maximum absolute atomic E-state index is 4.41. The van der Waals surface area contributed by atoms with E-state index >= 15 is 0 Å². The Bertz CT molecular complexity index is 284. The summed E-state index contributed by atoms with van der Waals surface area (Å²) in [4.78, 5) is 6.96. The number of hydrogen-bond acceptors (Lipinski definition) is 2. The van der Waals surface area contributed by atoms with Crippen LogP contribution >= 0.6 is 0 Å². The Labute approximate surface area is 92.3 Å². The van der Waals surface area contributed by atoms with Gasteiger partial charge >= 0.3 is 0 Å². The lowest BCUT2D eigenvalue weighted by Gasteiger charge is -2.31. The molecule has 2 heteroatoms. The van der Waals surface area contributed by atoms with Gasteiger partial charge in [0.15, 0.2) is 0 Å². The Morgan fingerprint density at radius 1 is 1.47 bits per heavy atom. The lowest BCUT2D eigenvalue weighted by atomic mass is 9.93. The zero-order chi connectivity index (χ0) is 10.5. The Morgan fingerprint density at radius 2 is 2.40 bits per heavy atom. The molecule has 2 nitrogen and oxygen atoms in total. The molecule has 0 aromatic carbocycles. The van der Waals surface area contributed by atoms with Crippen LogP contribution in [0.25, 0.3) is 0 Å². The largest absolute Gasteiger partial charge is 0.303 e. The monoisotopic (exact) mass is 204 g/mol. The molecular formula is C13H20N2. The summed E-state index contributed by atoms with van der Waals surface area (Å²) >= 11 is 0. The van der Waals surface area contributed by atoms with Crippen LogP contribution in [0, 0.1) is 5.92 Å². The van der Waals surface area contributed by atoms with Crippen molar-refractivity contribution in [2.75, 3.05) is 19.6 Å². The summed E-state index contributed by atoms with van der Waals surface area (Å²) in [7, 11) is 0. The van der Waals surface area contributed by atoms with E-state index in [9.17, 15) is 0 Å². The second kappa shape index (κ2) is 5.26. The van der Waals surface area contributed by atoms with Crippen molar-refractivity contribution in [1.29, 1.82) is 0 Å². The molecule has 82 valence electrons. The SMILES string of the molecule is CCN1CCCC(Cc2ccccn2)C1. The van der Waals surface area contributed by atoms with E-state index in [0.29, 0.717) is 0 Å². The zero-order valence-corrected chi connectivity index (χ0v) is 9.52. The smallest absolute Gasteiger partial charge is 0.0406 e. The van der Waals surface area contributed by atoms with Crippen molar-refractivity contribution in [2.45, 2.75) is 26.2 Å². The third-order valence-electron chi connectivity index (χ3n) is 3.27. The van der Waals surface area contributed by atoms with Crippen LogP contribution in [-0.2, 0) is 6.42 Å². The number of likely N-dealkylation sites (tertiary alicyclic amines) is 1. The Hall–Kier alpha value is -0.890. The first-order valence-electron chi connectivity index (χ1n) is 6.00. The fourth-order valence-corrected chi connectivity index (χ4v) is 2.42. The van der Waals surface area contributed by atoms with Gasteiger partial charge in [-0.1, -0.05) is 13.0 Å². The summed E-state index contributed by atoms with van der Waals surface area (Å²) in [6.45, 7) is 5.99. The van der Waals surface area contributed by atoms with Gasteiger partial charge < -0.3 is 4.90 Å². The molecule has 0 spiro atoms. The third kappa shape index (κ3) is 3.03. The van der Waals surface area contributed by atoms with Crippen molar-refractivity contribution in [3.63, 3.8) is 0 Å². The summed E-state index contributed by atoms with van der Waals surface area (Å²) < 4.78 is 0. The van der Waals surface area contributed by atoms with Crippen molar-refractivity contribution >= 4 is 0 Å².